The molecule has 1 aromatic carbocycles. The van der Waals surface area contributed by atoms with Crippen molar-refractivity contribution in [3.63, 3.8) is 0 Å². The van der Waals surface area contributed by atoms with E-state index in [2.05, 4.69) is 0 Å². The molecule has 0 N–H and O–H groups in total. The van der Waals surface area contributed by atoms with E-state index < -0.39 is 0 Å². The highest BCUT2D eigenvalue weighted by Crippen LogP contribution is 2.38. The van der Waals surface area contributed by atoms with Gasteiger partial charge in [0, 0.05) is 11.7 Å². The number of hydrogen-bond acceptors (Lipinski definition) is 3. The number of hydrogen-bond donors (Lipinski definition) is 0. The van der Waals surface area contributed by atoms with Crippen LogP contribution in [-0.2, 0) is 9.59 Å². The molecule has 0 aromatic heterocycles. The topological polar surface area (TPSA) is 37.4 Å². The van der Waals surface area contributed by atoms with E-state index in [1.807, 2.05) is 30.3 Å². The van der Waals surface area contributed by atoms with E-state index in [4.69, 9.17) is 0 Å². The van der Waals surface area contributed by atoms with Crippen LogP contribution in [-0.4, -0.2) is 21.4 Å². The lowest BCUT2D eigenvalue weighted by Gasteiger charge is -2.24. The van der Waals surface area contributed by atoms with E-state index in [1.54, 1.807) is 0 Å². The third-order valence-electron chi connectivity index (χ3n) is 4.11. The van der Waals surface area contributed by atoms with Crippen LogP contribution in [0.1, 0.15) is 50.0 Å². The van der Waals surface area contributed by atoms with Gasteiger partial charge in [-0.2, -0.15) is 0 Å². The van der Waals surface area contributed by atoms with Gasteiger partial charge in [0.15, 0.2) is 0 Å². The molecule has 1 heterocycles. The number of benzene rings is 1. The monoisotopic (exact) mass is 289 g/mol. The van der Waals surface area contributed by atoms with Crippen LogP contribution in [0.4, 0.5) is 0 Å². The highest BCUT2D eigenvalue weighted by atomic mass is 32.2. The van der Waals surface area contributed by atoms with Crippen LogP contribution in [0.5, 0.6) is 0 Å². The molecular formula is C16H19NO2S. The van der Waals surface area contributed by atoms with Crippen molar-refractivity contribution in [2.75, 3.05) is 0 Å². The van der Waals surface area contributed by atoms with Gasteiger partial charge in [-0.15, -0.1) is 0 Å². The van der Waals surface area contributed by atoms with Crippen LogP contribution in [0, 0.1) is 0 Å². The maximum atomic E-state index is 12.5. The summed E-state index contributed by atoms with van der Waals surface area (Å²) in [6, 6.07) is 9.64. The first-order valence-electron chi connectivity index (χ1n) is 7.34. The average Bonchev–Trinajstić information content (AvgIpc) is 2.77. The van der Waals surface area contributed by atoms with E-state index in [0.29, 0.717) is 11.7 Å². The van der Waals surface area contributed by atoms with E-state index in [9.17, 15) is 9.59 Å². The number of nitrogens with zero attached hydrogens (tertiary/aromatic N) is 1. The number of carbonyl (C=O) groups is 2. The van der Waals surface area contributed by atoms with Gasteiger partial charge >= 0.3 is 0 Å². The maximum Gasteiger partial charge on any atom is 0.247 e. The molecule has 106 valence electrons. The van der Waals surface area contributed by atoms with E-state index >= 15 is 0 Å². The second-order valence-electron chi connectivity index (χ2n) is 5.56. The molecule has 1 unspecified atom stereocenters. The third kappa shape index (κ3) is 2.75. The Morgan fingerprint density at radius 1 is 1.00 bits per heavy atom. The van der Waals surface area contributed by atoms with Crippen molar-refractivity contribution < 1.29 is 9.59 Å². The number of amides is 2. The molecule has 2 aliphatic rings. The molecule has 1 aromatic rings. The zero-order chi connectivity index (χ0) is 13.9. The van der Waals surface area contributed by atoms with Crippen molar-refractivity contribution >= 4 is 23.8 Å². The molecule has 1 atom stereocenters. The molecular weight excluding hydrogens is 270 g/mol. The predicted molar refractivity (Wildman–Crippen MR) is 80.1 cm³/mol. The first kappa shape index (κ1) is 13.7. The molecule has 1 aliphatic heterocycles. The zero-order valence-corrected chi connectivity index (χ0v) is 12.3. The molecule has 1 saturated heterocycles. The molecule has 0 radical (unpaired) electrons. The van der Waals surface area contributed by atoms with Crippen LogP contribution in [0.2, 0.25) is 0 Å². The summed E-state index contributed by atoms with van der Waals surface area (Å²) in [6.45, 7) is 0. The Kier molecular flexibility index (Phi) is 4.10. The molecule has 0 spiro atoms. The van der Waals surface area contributed by atoms with Gasteiger partial charge in [0.2, 0.25) is 11.8 Å². The molecule has 3 nitrogen and oxygen atoms in total. The molecule has 1 aliphatic carbocycles. The summed E-state index contributed by atoms with van der Waals surface area (Å²) in [4.78, 5) is 24.6. The first-order chi connectivity index (χ1) is 9.75. The summed E-state index contributed by atoms with van der Waals surface area (Å²) >= 11 is 1.48. The fourth-order valence-electron chi connectivity index (χ4n) is 2.99. The van der Waals surface area contributed by atoms with Crippen LogP contribution in [0.25, 0.3) is 0 Å². The van der Waals surface area contributed by atoms with Gasteiger partial charge in [0.1, 0.15) is 0 Å². The normalized spacial score (nSPS) is 24.4. The van der Waals surface area contributed by atoms with Crippen molar-refractivity contribution in [1.29, 1.82) is 0 Å². The molecule has 2 amide bonds. The van der Waals surface area contributed by atoms with E-state index in [-0.39, 0.29) is 17.7 Å². The molecule has 4 heteroatoms. The Balaban J connectivity index is 1.70. The molecule has 1 saturated carbocycles. The minimum Gasteiger partial charge on any atom is -0.273 e. The number of carbonyl (C=O) groups excluding carboxylic acids is 2. The van der Waals surface area contributed by atoms with Crippen molar-refractivity contribution in [3.05, 3.63) is 35.9 Å². The van der Waals surface area contributed by atoms with Crippen molar-refractivity contribution in [1.82, 2.24) is 4.31 Å². The van der Waals surface area contributed by atoms with Crippen LogP contribution in [0.3, 0.4) is 0 Å². The Labute approximate surface area is 123 Å². The lowest BCUT2D eigenvalue weighted by molar-refractivity contribution is -0.132. The van der Waals surface area contributed by atoms with Crippen LogP contribution < -0.4 is 0 Å². The van der Waals surface area contributed by atoms with Crippen molar-refractivity contribution in [3.8, 4) is 0 Å². The minimum absolute atomic E-state index is 0.0283. The SMILES string of the molecule is O=C1CC(c2ccccc2)C(=O)N1SC1CCCCC1. The molecule has 3 rings (SSSR count). The molecule has 0 bridgehead atoms. The standard InChI is InChI=1S/C16H19NO2S/c18-15-11-14(12-7-3-1-4-8-12)16(19)17(15)20-13-9-5-2-6-10-13/h1,3-4,7-8,13-14H,2,5-6,9-11H2. The minimum atomic E-state index is -0.278. The van der Waals surface area contributed by atoms with Crippen molar-refractivity contribution in [2.45, 2.75) is 49.7 Å². The summed E-state index contributed by atoms with van der Waals surface area (Å²) in [5.74, 6) is -0.337. The van der Waals surface area contributed by atoms with Gasteiger partial charge in [0.05, 0.1) is 5.92 Å². The first-order valence-corrected chi connectivity index (χ1v) is 8.18. The van der Waals surface area contributed by atoms with Gasteiger partial charge in [0.25, 0.3) is 0 Å². The molecule has 2 fully saturated rings. The summed E-state index contributed by atoms with van der Waals surface area (Å²) < 4.78 is 1.44. The number of rotatable bonds is 3. The summed E-state index contributed by atoms with van der Waals surface area (Å²) in [5.41, 5.74) is 0.956. The zero-order valence-electron chi connectivity index (χ0n) is 11.5. The second-order valence-corrected chi connectivity index (χ2v) is 6.80. The Morgan fingerprint density at radius 3 is 2.40 bits per heavy atom. The molecule has 20 heavy (non-hydrogen) atoms. The highest BCUT2D eigenvalue weighted by molar-refractivity contribution is 7.98. The quantitative estimate of drug-likeness (QED) is 0.631. The summed E-state index contributed by atoms with van der Waals surface area (Å²) in [5, 5.41) is 0.436. The second kappa shape index (κ2) is 6.00. The number of imide groups is 1. The van der Waals surface area contributed by atoms with Gasteiger partial charge < -0.3 is 0 Å². The predicted octanol–water partition coefficient (Wildman–Crippen LogP) is 3.51. The van der Waals surface area contributed by atoms with Gasteiger partial charge in [-0.25, -0.2) is 4.31 Å². The Morgan fingerprint density at radius 2 is 1.70 bits per heavy atom. The van der Waals surface area contributed by atoms with Crippen LogP contribution >= 0.6 is 11.9 Å². The Bertz CT molecular complexity index is 496. The largest absolute Gasteiger partial charge is 0.273 e. The van der Waals surface area contributed by atoms with Crippen molar-refractivity contribution in [2.24, 2.45) is 0 Å². The fourth-order valence-corrected chi connectivity index (χ4v) is 4.25. The van der Waals surface area contributed by atoms with Gasteiger partial charge in [-0.05, 0) is 30.4 Å². The Hall–Kier alpha value is -1.29. The summed E-state index contributed by atoms with van der Waals surface area (Å²) in [7, 11) is 0. The highest BCUT2D eigenvalue weighted by Gasteiger charge is 2.41. The third-order valence-corrected chi connectivity index (χ3v) is 5.48. The lowest BCUT2D eigenvalue weighted by atomic mass is 9.98. The van der Waals surface area contributed by atoms with Crippen LogP contribution in [0.15, 0.2) is 30.3 Å². The fraction of sp³-hybridized carbons (Fsp3) is 0.500. The smallest absolute Gasteiger partial charge is 0.247 e. The average molecular weight is 289 g/mol. The lowest BCUT2D eigenvalue weighted by Crippen LogP contribution is -2.27. The van der Waals surface area contributed by atoms with E-state index in [1.165, 1.54) is 35.5 Å². The summed E-state index contributed by atoms with van der Waals surface area (Å²) in [6.07, 6.45) is 6.29. The van der Waals surface area contributed by atoms with E-state index in [0.717, 1.165) is 18.4 Å². The maximum absolute atomic E-state index is 12.5. The van der Waals surface area contributed by atoms with Gasteiger partial charge in [-0.1, -0.05) is 49.6 Å². The van der Waals surface area contributed by atoms with Gasteiger partial charge in [-0.3, -0.25) is 9.59 Å².